The number of rotatable bonds is 5. The Morgan fingerprint density at radius 1 is 1.04 bits per heavy atom. The molecule has 3 aromatic rings. The van der Waals surface area contributed by atoms with Gasteiger partial charge in [0.15, 0.2) is 0 Å². The van der Waals surface area contributed by atoms with Crippen LogP contribution in [0.25, 0.3) is 21.3 Å². The minimum Gasteiger partial charge on any atom is -0.476 e. The first-order chi connectivity index (χ1) is 11.9. The number of ether oxygens (including phenoxy) is 1. The number of hydrogen-bond donors (Lipinski definition) is 0. The second kappa shape index (κ2) is 7.28. The van der Waals surface area contributed by atoms with Gasteiger partial charge in [-0.05, 0) is 31.5 Å². The van der Waals surface area contributed by atoms with E-state index in [0.29, 0.717) is 12.5 Å². The van der Waals surface area contributed by atoms with Gasteiger partial charge in [-0.2, -0.15) is 0 Å². The first-order valence-corrected chi connectivity index (χ1v) is 9.42. The number of piperidine rings is 1. The minimum atomic E-state index is 0.677. The summed E-state index contributed by atoms with van der Waals surface area (Å²) < 4.78 is 6.06. The predicted molar refractivity (Wildman–Crippen MR) is 98.6 cm³/mol. The molecule has 0 bridgehead atoms. The van der Waals surface area contributed by atoms with Gasteiger partial charge in [-0.15, -0.1) is 11.3 Å². The molecule has 124 valence electrons. The maximum Gasteiger partial charge on any atom is 0.226 e. The van der Waals surface area contributed by atoms with E-state index in [1.165, 1.54) is 37.9 Å². The number of aromatic nitrogens is 2. The fourth-order valence-electron chi connectivity index (χ4n) is 3.24. The van der Waals surface area contributed by atoms with Crippen molar-refractivity contribution in [3.63, 3.8) is 0 Å². The van der Waals surface area contributed by atoms with E-state index in [1.54, 1.807) is 17.7 Å². The molecular weight excluding hydrogens is 318 g/mol. The van der Waals surface area contributed by atoms with Crippen LogP contribution in [0.1, 0.15) is 19.3 Å². The standard InChI is InChI=1S/C19H21N3OS/c1-3-7-15(8-4-1)16-13-24-19-17(16)18(20-14-21-19)23-12-11-22-9-5-2-6-10-22/h1,3-4,7-8,13-14H,2,5-6,9-12H2. The summed E-state index contributed by atoms with van der Waals surface area (Å²) in [6.45, 7) is 4.03. The van der Waals surface area contributed by atoms with Gasteiger partial charge < -0.3 is 4.74 Å². The summed E-state index contributed by atoms with van der Waals surface area (Å²) in [5.41, 5.74) is 2.34. The van der Waals surface area contributed by atoms with E-state index in [4.69, 9.17) is 4.74 Å². The van der Waals surface area contributed by atoms with Gasteiger partial charge in [0, 0.05) is 17.5 Å². The molecule has 0 radical (unpaired) electrons. The summed E-state index contributed by atoms with van der Waals surface area (Å²) >= 11 is 1.64. The van der Waals surface area contributed by atoms with Gasteiger partial charge in [-0.1, -0.05) is 36.8 Å². The zero-order valence-corrected chi connectivity index (χ0v) is 14.5. The molecule has 1 aliphatic heterocycles. The van der Waals surface area contributed by atoms with Crippen molar-refractivity contribution in [1.29, 1.82) is 0 Å². The Hall–Kier alpha value is -1.98. The average Bonchev–Trinajstić information content (AvgIpc) is 3.08. The molecule has 0 N–H and O–H groups in total. The Morgan fingerprint density at radius 2 is 1.88 bits per heavy atom. The molecule has 1 saturated heterocycles. The first-order valence-electron chi connectivity index (χ1n) is 8.54. The van der Waals surface area contributed by atoms with E-state index < -0.39 is 0 Å². The molecule has 5 heteroatoms. The molecule has 1 fully saturated rings. The lowest BCUT2D eigenvalue weighted by Crippen LogP contribution is -2.33. The second-order valence-electron chi connectivity index (χ2n) is 6.13. The normalized spacial score (nSPS) is 15.7. The summed E-state index contributed by atoms with van der Waals surface area (Å²) in [5.74, 6) is 0.706. The van der Waals surface area contributed by atoms with Crippen LogP contribution in [-0.4, -0.2) is 41.1 Å². The van der Waals surface area contributed by atoms with Crippen molar-refractivity contribution in [3.8, 4) is 17.0 Å². The number of likely N-dealkylation sites (tertiary alicyclic amines) is 1. The van der Waals surface area contributed by atoms with Gasteiger partial charge in [-0.25, -0.2) is 9.97 Å². The highest BCUT2D eigenvalue weighted by Gasteiger charge is 2.15. The molecule has 0 unspecified atom stereocenters. The van der Waals surface area contributed by atoms with Crippen LogP contribution in [0.5, 0.6) is 5.88 Å². The summed E-state index contributed by atoms with van der Waals surface area (Å²) in [5, 5.41) is 3.18. The Labute approximate surface area is 146 Å². The van der Waals surface area contributed by atoms with Crippen LogP contribution in [0.2, 0.25) is 0 Å². The van der Waals surface area contributed by atoms with Crippen molar-refractivity contribution >= 4 is 21.6 Å². The molecule has 0 amide bonds. The van der Waals surface area contributed by atoms with E-state index in [0.717, 1.165) is 22.3 Å². The molecule has 4 nitrogen and oxygen atoms in total. The Morgan fingerprint density at radius 3 is 2.71 bits per heavy atom. The van der Waals surface area contributed by atoms with Gasteiger partial charge in [0.25, 0.3) is 0 Å². The third-order valence-corrected chi connectivity index (χ3v) is 5.40. The van der Waals surface area contributed by atoms with Crippen molar-refractivity contribution in [3.05, 3.63) is 42.0 Å². The molecule has 0 atom stereocenters. The lowest BCUT2D eigenvalue weighted by molar-refractivity contribution is 0.181. The number of hydrogen-bond acceptors (Lipinski definition) is 5. The van der Waals surface area contributed by atoms with Crippen LogP contribution in [0.3, 0.4) is 0 Å². The average molecular weight is 339 g/mol. The van der Waals surface area contributed by atoms with Gasteiger partial charge in [-0.3, -0.25) is 4.90 Å². The van der Waals surface area contributed by atoms with Crippen LogP contribution in [-0.2, 0) is 0 Å². The predicted octanol–water partition coefficient (Wildman–Crippen LogP) is 4.22. The Balaban J connectivity index is 1.55. The SMILES string of the molecule is c1ccc(-c2csc3ncnc(OCCN4CCCCC4)c23)cc1. The second-order valence-corrected chi connectivity index (χ2v) is 6.98. The summed E-state index contributed by atoms with van der Waals surface area (Å²) in [6.07, 6.45) is 5.57. The van der Waals surface area contributed by atoms with Crippen molar-refractivity contribution in [1.82, 2.24) is 14.9 Å². The highest BCUT2D eigenvalue weighted by Crippen LogP contribution is 2.37. The van der Waals surface area contributed by atoms with Crippen LogP contribution in [0.4, 0.5) is 0 Å². The van der Waals surface area contributed by atoms with Crippen LogP contribution in [0, 0.1) is 0 Å². The van der Waals surface area contributed by atoms with E-state index in [1.807, 2.05) is 6.07 Å². The van der Waals surface area contributed by atoms with Crippen LogP contribution >= 0.6 is 11.3 Å². The minimum absolute atomic E-state index is 0.677. The Kier molecular flexibility index (Phi) is 4.71. The number of thiophene rings is 1. The molecule has 2 aromatic heterocycles. The summed E-state index contributed by atoms with van der Waals surface area (Å²) in [7, 11) is 0. The Bertz CT molecular complexity index is 797. The fourth-order valence-corrected chi connectivity index (χ4v) is 4.15. The van der Waals surface area contributed by atoms with Crippen molar-refractivity contribution in [2.45, 2.75) is 19.3 Å². The van der Waals surface area contributed by atoms with Crippen molar-refractivity contribution < 1.29 is 4.74 Å². The monoisotopic (exact) mass is 339 g/mol. The number of fused-ring (bicyclic) bond motifs is 1. The van der Waals surface area contributed by atoms with Crippen molar-refractivity contribution in [2.24, 2.45) is 0 Å². The lowest BCUT2D eigenvalue weighted by Gasteiger charge is -2.26. The van der Waals surface area contributed by atoms with Gasteiger partial charge >= 0.3 is 0 Å². The van der Waals surface area contributed by atoms with Crippen LogP contribution in [0.15, 0.2) is 42.0 Å². The van der Waals surface area contributed by atoms with E-state index >= 15 is 0 Å². The summed E-state index contributed by atoms with van der Waals surface area (Å²) in [4.78, 5) is 12.3. The third-order valence-electron chi connectivity index (χ3n) is 4.52. The maximum absolute atomic E-state index is 6.06. The molecule has 1 aromatic carbocycles. The zero-order valence-electron chi connectivity index (χ0n) is 13.6. The third kappa shape index (κ3) is 3.28. The molecule has 3 heterocycles. The summed E-state index contributed by atoms with van der Waals surface area (Å²) in [6, 6.07) is 10.4. The van der Waals surface area contributed by atoms with Gasteiger partial charge in [0.2, 0.25) is 5.88 Å². The van der Waals surface area contributed by atoms with E-state index in [2.05, 4.69) is 44.5 Å². The van der Waals surface area contributed by atoms with Gasteiger partial charge in [0.1, 0.15) is 17.8 Å². The molecule has 0 spiro atoms. The van der Waals surface area contributed by atoms with E-state index in [-0.39, 0.29) is 0 Å². The molecule has 4 rings (SSSR count). The molecular formula is C19H21N3OS. The molecule has 24 heavy (non-hydrogen) atoms. The molecule has 1 aliphatic rings. The maximum atomic E-state index is 6.06. The zero-order chi connectivity index (χ0) is 16.2. The molecule has 0 aliphatic carbocycles. The number of nitrogens with zero attached hydrogens (tertiary/aromatic N) is 3. The topological polar surface area (TPSA) is 38.3 Å². The lowest BCUT2D eigenvalue weighted by atomic mass is 10.1. The van der Waals surface area contributed by atoms with Crippen molar-refractivity contribution in [2.75, 3.05) is 26.2 Å². The number of benzene rings is 1. The smallest absolute Gasteiger partial charge is 0.226 e. The fraction of sp³-hybridized carbons (Fsp3) is 0.368. The van der Waals surface area contributed by atoms with E-state index in [9.17, 15) is 0 Å². The highest BCUT2D eigenvalue weighted by molar-refractivity contribution is 7.17. The largest absolute Gasteiger partial charge is 0.476 e. The quantitative estimate of drug-likeness (QED) is 0.697. The van der Waals surface area contributed by atoms with Crippen LogP contribution < -0.4 is 4.74 Å². The first kappa shape index (κ1) is 15.5. The highest BCUT2D eigenvalue weighted by atomic mass is 32.1. The molecule has 0 saturated carbocycles. The van der Waals surface area contributed by atoms with Gasteiger partial charge in [0.05, 0.1) is 5.39 Å².